The zero-order valence-electron chi connectivity index (χ0n) is 10.8. The highest BCUT2D eigenvalue weighted by atomic mass is 79.9. The summed E-state index contributed by atoms with van der Waals surface area (Å²) in [7, 11) is 0. The third-order valence-electron chi connectivity index (χ3n) is 2.85. The Morgan fingerprint density at radius 1 is 1.29 bits per heavy atom. The maximum absolute atomic E-state index is 11.0. The van der Waals surface area contributed by atoms with Gasteiger partial charge in [-0.3, -0.25) is 0 Å². The number of hydrogen-bond donors (Lipinski definition) is 1. The maximum atomic E-state index is 11.0. The van der Waals surface area contributed by atoms with Gasteiger partial charge in [-0.05, 0) is 52.7 Å². The number of nitrogens with zero attached hydrogens (tertiary/aromatic N) is 2. The van der Waals surface area contributed by atoms with Crippen LogP contribution in [0.5, 0.6) is 0 Å². The van der Waals surface area contributed by atoms with E-state index in [-0.39, 0.29) is 5.56 Å². The Bertz CT molecular complexity index is 806. The summed E-state index contributed by atoms with van der Waals surface area (Å²) in [5.74, 6) is -0.269. The second-order valence-electron chi connectivity index (χ2n) is 4.37. The summed E-state index contributed by atoms with van der Waals surface area (Å²) in [5.41, 5.74) is 1.87. The Hall–Kier alpha value is -1.99. The van der Waals surface area contributed by atoms with E-state index in [1.165, 1.54) is 23.5 Å². The van der Waals surface area contributed by atoms with Crippen molar-refractivity contribution < 1.29 is 14.3 Å². The van der Waals surface area contributed by atoms with E-state index in [9.17, 15) is 4.79 Å². The molecular weight excluding hydrogens is 356 g/mol. The van der Waals surface area contributed by atoms with E-state index in [0.29, 0.717) is 17.3 Å². The zero-order valence-corrected chi connectivity index (χ0v) is 13.2. The van der Waals surface area contributed by atoms with E-state index in [4.69, 9.17) is 9.52 Å². The van der Waals surface area contributed by atoms with E-state index in [1.54, 1.807) is 12.1 Å². The fourth-order valence-corrected chi connectivity index (χ4v) is 3.25. The number of hydrogen-bond acceptors (Lipinski definition) is 5. The average Bonchev–Trinajstić information content (AvgIpc) is 3.07. The number of aromatic carboxylic acids is 1. The minimum Gasteiger partial charge on any atom is -0.478 e. The van der Waals surface area contributed by atoms with E-state index in [0.717, 1.165) is 14.2 Å². The van der Waals surface area contributed by atoms with Gasteiger partial charge >= 0.3 is 5.97 Å². The molecule has 0 radical (unpaired) electrons. The topological polar surface area (TPSA) is 76.2 Å². The highest BCUT2D eigenvalue weighted by Gasteiger charge is 2.14. The van der Waals surface area contributed by atoms with Crippen molar-refractivity contribution in [3.63, 3.8) is 0 Å². The molecule has 0 amide bonds. The number of rotatable bonds is 3. The summed E-state index contributed by atoms with van der Waals surface area (Å²) >= 11 is 4.96. The number of benzene rings is 1. The number of aryl methyl sites for hydroxylation is 1. The Morgan fingerprint density at radius 3 is 2.71 bits per heavy atom. The third kappa shape index (κ3) is 2.74. The monoisotopic (exact) mass is 364 g/mol. The molecule has 0 unspecified atom stereocenters. The Balaban J connectivity index is 1.98. The second-order valence-corrected chi connectivity index (χ2v) is 6.74. The first kappa shape index (κ1) is 14.0. The lowest BCUT2D eigenvalue weighted by Crippen LogP contribution is -1.95. The third-order valence-corrected chi connectivity index (χ3v) is 4.97. The van der Waals surface area contributed by atoms with Gasteiger partial charge in [0.15, 0.2) is 0 Å². The van der Waals surface area contributed by atoms with Crippen molar-refractivity contribution in [3.05, 3.63) is 45.2 Å². The van der Waals surface area contributed by atoms with E-state index in [1.807, 2.05) is 13.0 Å². The molecule has 7 heteroatoms. The normalized spacial score (nSPS) is 10.8. The molecule has 0 spiro atoms. The summed E-state index contributed by atoms with van der Waals surface area (Å²) in [4.78, 5) is 11.8. The molecule has 2 heterocycles. The summed E-state index contributed by atoms with van der Waals surface area (Å²) in [6.07, 6.45) is 0. The van der Waals surface area contributed by atoms with Gasteiger partial charge in [0, 0.05) is 5.56 Å². The smallest absolute Gasteiger partial charge is 0.335 e. The molecule has 1 N–H and O–H groups in total. The average molecular weight is 365 g/mol. The number of aromatic nitrogens is 2. The molecule has 0 atom stereocenters. The van der Waals surface area contributed by atoms with Crippen molar-refractivity contribution >= 4 is 33.2 Å². The van der Waals surface area contributed by atoms with E-state index >= 15 is 0 Å². The number of carboxylic acid groups (broad SMARTS) is 1. The molecule has 0 saturated heterocycles. The van der Waals surface area contributed by atoms with Crippen LogP contribution in [0.1, 0.15) is 15.9 Å². The van der Waals surface area contributed by atoms with Crippen LogP contribution in [0.4, 0.5) is 0 Å². The van der Waals surface area contributed by atoms with Crippen molar-refractivity contribution in [2.45, 2.75) is 6.92 Å². The quantitative estimate of drug-likeness (QED) is 0.752. The van der Waals surface area contributed by atoms with Gasteiger partial charge < -0.3 is 9.52 Å². The summed E-state index contributed by atoms with van der Waals surface area (Å²) in [5, 5.41) is 17.0. The SMILES string of the molecule is Cc1cc(-c2nnc(-c3cccc(C(=O)O)c3)o2)sc1Br. The molecular formula is C14H9BrN2O3S. The lowest BCUT2D eigenvalue weighted by molar-refractivity contribution is 0.0697. The number of thiophene rings is 1. The summed E-state index contributed by atoms with van der Waals surface area (Å²) in [6.45, 7) is 1.98. The standard InChI is InChI=1S/C14H9BrN2O3S/c1-7-5-10(21-11(7)15)13-17-16-12(20-13)8-3-2-4-9(6-8)14(18)19/h2-6H,1H3,(H,18,19). The van der Waals surface area contributed by atoms with Crippen molar-refractivity contribution in [1.29, 1.82) is 0 Å². The molecule has 5 nitrogen and oxygen atoms in total. The molecule has 2 aromatic heterocycles. The molecule has 106 valence electrons. The second kappa shape index (κ2) is 5.42. The predicted molar refractivity (Wildman–Crippen MR) is 82.4 cm³/mol. The first-order valence-corrected chi connectivity index (χ1v) is 7.59. The Kier molecular flexibility index (Phi) is 3.60. The van der Waals surface area contributed by atoms with Crippen molar-refractivity contribution in [1.82, 2.24) is 10.2 Å². The number of carboxylic acids is 1. The molecule has 0 saturated carbocycles. The van der Waals surface area contributed by atoms with Crippen LogP contribution in [0.25, 0.3) is 22.2 Å². The molecule has 1 aromatic carbocycles. The van der Waals surface area contributed by atoms with Crippen LogP contribution < -0.4 is 0 Å². The first-order chi connectivity index (χ1) is 10.0. The van der Waals surface area contributed by atoms with Crippen LogP contribution in [0, 0.1) is 6.92 Å². The van der Waals surface area contributed by atoms with Gasteiger partial charge in [0.25, 0.3) is 5.89 Å². The van der Waals surface area contributed by atoms with Gasteiger partial charge in [0.2, 0.25) is 5.89 Å². The van der Waals surface area contributed by atoms with Gasteiger partial charge in [-0.1, -0.05) is 6.07 Å². The zero-order chi connectivity index (χ0) is 15.0. The molecule has 0 aliphatic heterocycles. The van der Waals surface area contributed by atoms with Gasteiger partial charge in [-0.25, -0.2) is 4.79 Å². The van der Waals surface area contributed by atoms with Crippen LogP contribution >= 0.6 is 27.3 Å². The Labute approximate surface area is 132 Å². The van der Waals surface area contributed by atoms with E-state index in [2.05, 4.69) is 26.1 Å². The molecule has 21 heavy (non-hydrogen) atoms. The molecule has 0 aliphatic carbocycles. The molecule has 3 rings (SSSR count). The number of halogens is 1. The maximum Gasteiger partial charge on any atom is 0.335 e. The van der Waals surface area contributed by atoms with Crippen LogP contribution in [0.2, 0.25) is 0 Å². The highest BCUT2D eigenvalue weighted by molar-refractivity contribution is 9.11. The highest BCUT2D eigenvalue weighted by Crippen LogP contribution is 2.35. The minimum absolute atomic E-state index is 0.182. The fraction of sp³-hybridized carbons (Fsp3) is 0.0714. The van der Waals surface area contributed by atoms with Crippen LogP contribution in [-0.4, -0.2) is 21.3 Å². The Morgan fingerprint density at radius 2 is 2.05 bits per heavy atom. The first-order valence-electron chi connectivity index (χ1n) is 5.98. The molecule has 0 fully saturated rings. The van der Waals surface area contributed by atoms with Crippen molar-refractivity contribution in [3.8, 4) is 22.2 Å². The van der Waals surface area contributed by atoms with Gasteiger partial charge in [-0.2, -0.15) is 0 Å². The fourth-order valence-electron chi connectivity index (χ4n) is 1.79. The lowest BCUT2D eigenvalue weighted by atomic mass is 10.1. The molecule has 0 bridgehead atoms. The van der Waals surface area contributed by atoms with E-state index < -0.39 is 5.97 Å². The number of carbonyl (C=O) groups is 1. The largest absolute Gasteiger partial charge is 0.478 e. The van der Waals surface area contributed by atoms with Crippen molar-refractivity contribution in [2.24, 2.45) is 0 Å². The van der Waals surface area contributed by atoms with Crippen LogP contribution in [-0.2, 0) is 0 Å². The summed E-state index contributed by atoms with van der Waals surface area (Å²) in [6, 6.07) is 8.37. The predicted octanol–water partition coefficient (Wildman–Crippen LogP) is 4.23. The van der Waals surface area contributed by atoms with Crippen LogP contribution in [0.15, 0.2) is 38.5 Å². The van der Waals surface area contributed by atoms with Crippen LogP contribution in [0.3, 0.4) is 0 Å². The molecule has 3 aromatic rings. The lowest BCUT2D eigenvalue weighted by Gasteiger charge is -1.97. The van der Waals surface area contributed by atoms with Gasteiger partial charge in [0.05, 0.1) is 14.2 Å². The van der Waals surface area contributed by atoms with Gasteiger partial charge in [-0.15, -0.1) is 21.5 Å². The summed E-state index contributed by atoms with van der Waals surface area (Å²) < 4.78 is 6.65. The molecule has 0 aliphatic rings. The van der Waals surface area contributed by atoms with Gasteiger partial charge in [0.1, 0.15) is 0 Å². The minimum atomic E-state index is -0.991. The van der Waals surface area contributed by atoms with Crippen molar-refractivity contribution in [2.75, 3.05) is 0 Å².